The molecule has 3 aromatic carbocycles. The maximum Gasteiger partial charge on any atom is 0.329 e. The molecular weight excluding hydrogens is 472 g/mol. The number of hydrogen-bond donors (Lipinski definition) is 3. The quantitative estimate of drug-likeness (QED) is 0.237. The van der Waals surface area contributed by atoms with Gasteiger partial charge in [-0.15, -0.1) is 0 Å². The van der Waals surface area contributed by atoms with E-state index in [1.807, 2.05) is 6.92 Å². The molecule has 0 aromatic heterocycles. The molecule has 3 aromatic rings. The van der Waals surface area contributed by atoms with Crippen LogP contribution in [-0.2, 0) is 14.4 Å². The summed E-state index contributed by atoms with van der Waals surface area (Å²) >= 11 is 5.84. The third kappa shape index (κ3) is 8.49. The lowest BCUT2D eigenvalue weighted by atomic mass is 10.2. The van der Waals surface area contributed by atoms with Crippen LogP contribution in [0.15, 0.2) is 77.9 Å². The zero-order chi connectivity index (χ0) is 25.0. The van der Waals surface area contributed by atoms with Gasteiger partial charge in [0, 0.05) is 16.4 Å². The molecule has 0 saturated heterocycles. The minimum absolute atomic E-state index is 0.168. The van der Waals surface area contributed by atoms with E-state index in [1.165, 1.54) is 12.3 Å². The summed E-state index contributed by atoms with van der Waals surface area (Å²) < 4.78 is 10.8. The van der Waals surface area contributed by atoms with E-state index in [1.54, 1.807) is 66.7 Å². The first kappa shape index (κ1) is 25.3. The van der Waals surface area contributed by atoms with Gasteiger partial charge in [-0.3, -0.25) is 14.4 Å². The average Bonchev–Trinajstić information content (AvgIpc) is 2.85. The molecule has 0 fully saturated rings. The third-order valence-corrected chi connectivity index (χ3v) is 4.60. The van der Waals surface area contributed by atoms with Crippen LogP contribution in [0, 0.1) is 0 Å². The predicted molar refractivity (Wildman–Crippen MR) is 134 cm³/mol. The van der Waals surface area contributed by atoms with Crippen LogP contribution in [0.1, 0.15) is 12.5 Å². The number of nitrogens with one attached hydrogen (secondary N) is 3. The number of nitrogens with zero attached hydrogens (tertiary/aromatic N) is 1. The van der Waals surface area contributed by atoms with Crippen molar-refractivity contribution in [3.63, 3.8) is 0 Å². The molecular formula is C25H23ClN4O5. The zero-order valence-electron chi connectivity index (χ0n) is 18.8. The van der Waals surface area contributed by atoms with Gasteiger partial charge in [-0.05, 0) is 79.2 Å². The summed E-state index contributed by atoms with van der Waals surface area (Å²) in [7, 11) is 0. The van der Waals surface area contributed by atoms with E-state index in [9.17, 15) is 14.4 Å². The average molecular weight is 495 g/mol. The van der Waals surface area contributed by atoms with E-state index in [0.717, 1.165) is 5.75 Å². The molecule has 0 saturated carbocycles. The second-order valence-corrected chi connectivity index (χ2v) is 7.46. The second kappa shape index (κ2) is 12.8. The minimum atomic E-state index is -0.931. The summed E-state index contributed by atoms with van der Waals surface area (Å²) in [6.45, 7) is 2.30. The maximum atomic E-state index is 12.1. The fraction of sp³-hybridized carbons (Fsp3) is 0.120. The minimum Gasteiger partial charge on any atom is -0.494 e. The number of hydrogen-bond acceptors (Lipinski definition) is 6. The van der Waals surface area contributed by atoms with Crippen molar-refractivity contribution in [2.45, 2.75) is 6.92 Å². The van der Waals surface area contributed by atoms with Crippen LogP contribution in [0.25, 0.3) is 0 Å². The molecule has 0 unspecified atom stereocenters. The van der Waals surface area contributed by atoms with Gasteiger partial charge < -0.3 is 20.1 Å². The largest absolute Gasteiger partial charge is 0.494 e. The standard InChI is InChI=1S/C25H23ClN4O5/c1-2-34-21-12-8-19(9-13-21)28-23(31)16-35-22-10-6-17(7-11-22)15-27-30-25(33)24(32)29-20-5-3-4-18(26)14-20/h3-15H,2,16H2,1H3,(H,28,31)(H,29,32)(H,30,33)/b27-15-. The van der Waals surface area contributed by atoms with E-state index < -0.39 is 11.8 Å². The van der Waals surface area contributed by atoms with Gasteiger partial charge in [0.2, 0.25) is 0 Å². The van der Waals surface area contributed by atoms with E-state index in [0.29, 0.717) is 34.3 Å². The van der Waals surface area contributed by atoms with Gasteiger partial charge in [0.05, 0.1) is 12.8 Å². The van der Waals surface area contributed by atoms with E-state index in [4.69, 9.17) is 21.1 Å². The van der Waals surface area contributed by atoms with Gasteiger partial charge >= 0.3 is 11.8 Å². The van der Waals surface area contributed by atoms with Gasteiger partial charge in [-0.25, -0.2) is 5.43 Å². The molecule has 3 amide bonds. The summed E-state index contributed by atoms with van der Waals surface area (Å²) in [4.78, 5) is 35.9. The highest BCUT2D eigenvalue weighted by Crippen LogP contribution is 2.16. The summed E-state index contributed by atoms with van der Waals surface area (Å²) in [6, 6.07) is 20.1. The molecule has 9 nitrogen and oxygen atoms in total. The highest BCUT2D eigenvalue weighted by molar-refractivity contribution is 6.39. The summed E-state index contributed by atoms with van der Waals surface area (Å²) in [5.74, 6) is -0.908. The molecule has 0 aliphatic rings. The number of rotatable bonds is 9. The molecule has 10 heteroatoms. The normalized spacial score (nSPS) is 10.5. The smallest absolute Gasteiger partial charge is 0.329 e. The lowest BCUT2D eigenvalue weighted by Crippen LogP contribution is -2.32. The van der Waals surface area contributed by atoms with Crippen molar-refractivity contribution in [1.29, 1.82) is 0 Å². The molecule has 180 valence electrons. The van der Waals surface area contributed by atoms with Crippen molar-refractivity contribution in [3.8, 4) is 11.5 Å². The number of hydrazone groups is 1. The number of amides is 3. The molecule has 0 aliphatic carbocycles. The van der Waals surface area contributed by atoms with Gasteiger partial charge in [-0.1, -0.05) is 17.7 Å². The molecule has 0 aliphatic heterocycles. The first-order valence-corrected chi connectivity index (χ1v) is 11.0. The Labute approximate surface area is 207 Å². The van der Waals surface area contributed by atoms with E-state index in [2.05, 4.69) is 21.2 Å². The Bertz CT molecular complexity index is 1200. The van der Waals surface area contributed by atoms with Crippen LogP contribution in [-0.4, -0.2) is 37.1 Å². The van der Waals surface area contributed by atoms with Crippen LogP contribution in [0.3, 0.4) is 0 Å². The van der Waals surface area contributed by atoms with E-state index >= 15 is 0 Å². The second-order valence-electron chi connectivity index (χ2n) is 7.03. The van der Waals surface area contributed by atoms with Crippen LogP contribution < -0.4 is 25.5 Å². The number of carbonyl (C=O) groups is 3. The summed E-state index contributed by atoms with van der Waals surface area (Å²) in [6.07, 6.45) is 1.37. The predicted octanol–water partition coefficient (Wildman–Crippen LogP) is 3.85. The van der Waals surface area contributed by atoms with Crippen molar-refractivity contribution >= 4 is 46.9 Å². The summed E-state index contributed by atoms with van der Waals surface area (Å²) in [5, 5.41) is 9.36. The Morgan fingerprint density at radius 1 is 0.857 bits per heavy atom. The van der Waals surface area contributed by atoms with Crippen molar-refractivity contribution < 1.29 is 23.9 Å². The molecule has 0 bridgehead atoms. The Kier molecular flexibility index (Phi) is 9.21. The van der Waals surface area contributed by atoms with Crippen LogP contribution in [0.2, 0.25) is 5.02 Å². The number of anilines is 2. The summed E-state index contributed by atoms with van der Waals surface area (Å²) in [5.41, 5.74) is 3.82. The lowest BCUT2D eigenvalue weighted by molar-refractivity contribution is -0.136. The zero-order valence-corrected chi connectivity index (χ0v) is 19.5. The molecule has 0 radical (unpaired) electrons. The Morgan fingerprint density at radius 3 is 2.23 bits per heavy atom. The maximum absolute atomic E-state index is 12.1. The van der Waals surface area contributed by atoms with Crippen LogP contribution in [0.5, 0.6) is 11.5 Å². The SMILES string of the molecule is CCOc1ccc(NC(=O)COc2ccc(/C=N\NC(=O)C(=O)Nc3cccc(Cl)c3)cc2)cc1. The first-order valence-electron chi connectivity index (χ1n) is 10.6. The fourth-order valence-corrected chi connectivity index (χ4v) is 2.96. The van der Waals surface area contributed by atoms with Gasteiger partial charge in [-0.2, -0.15) is 5.10 Å². The molecule has 35 heavy (non-hydrogen) atoms. The number of ether oxygens (including phenoxy) is 2. The highest BCUT2D eigenvalue weighted by Gasteiger charge is 2.12. The Balaban J connectivity index is 1.41. The monoisotopic (exact) mass is 494 g/mol. The van der Waals surface area contributed by atoms with Crippen LogP contribution in [0.4, 0.5) is 11.4 Å². The van der Waals surface area contributed by atoms with Crippen molar-refractivity contribution in [3.05, 3.63) is 83.4 Å². The molecule has 3 N–H and O–H groups in total. The molecule has 0 atom stereocenters. The van der Waals surface area contributed by atoms with Gasteiger partial charge in [0.25, 0.3) is 5.91 Å². The molecule has 0 heterocycles. The number of carbonyl (C=O) groups excluding carboxylic acids is 3. The highest BCUT2D eigenvalue weighted by atomic mass is 35.5. The van der Waals surface area contributed by atoms with E-state index in [-0.39, 0.29) is 12.5 Å². The number of benzene rings is 3. The topological polar surface area (TPSA) is 118 Å². The fourth-order valence-electron chi connectivity index (χ4n) is 2.77. The van der Waals surface area contributed by atoms with Crippen LogP contribution >= 0.6 is 11.6 Å². The lowest BCUT2D eigenvalue weighted by Gasteiger charge is -2.09. The number of halogens is 1. The Hall–Kier alpha value is -4.37. The van der Waals surface area contributed by atoms with Crippen molar-refractivity contribution in [1.82, 2.24) is 5.43 Å². The van der Waals surface area contributed by atoms with Gasteiger partial charge in [0.1, 0.15) is 11.5 Å². The first-order chi connectivity index (χ1) is 16.9. The van der Waals surface area contributed by atoms with Gasteiger partial charge in [0.15, 0.2) is 6.61 Å². The van der Waals surface area contributed by atoms with Crippen molar-refractivity contribution in [2.24, 2.45) is 5.10 Å². The Morgan fingerprint density at radius 2 is 1.54 bits per heavy atom. The third-order valence-electron chi connectivity index (χ3n) is 4.37. The van der Waals surface area contributed by atoms with Crippen molar-refractivity contribution in [2.75, 3.05) is 23.8 Å². The molecule has 0 spiro atoms. The molecule has 3 rings (SSSR count).